The molecule has 3 heterocycles. The van der Waals surface area contributed by atoms with Gasteiger partial charge in [0.2, 0.25) is 0 Å². The molecule has 0 unspecified atom stereocenters. The Bertz CT molecular complexity index is 1030. The second-order valence-corrected chi connectivity index (χ2v) is 7.96. The number of aryl methyl sites for hydroxylation is 1. The topological polar surface area (TPSA) is 59.0 Å². The molecular formula is C22H20Cl2N4O. The minimum Gasteiger partial charge on any atom is -0.339 e. The molecule has 29 heavy (non-hydrogen) atoms. The van der Waals surface area contributed by atoms with Gasteiger partial charge >= 0.3 is 0 Å². The predicted molar refractivity (Wildman–Crippen MR) is 114 cm³/mol. The minimum absolute atomic E-state index is 0.0183. The quantitative estimate of drug-likeness (QED) is 0.579. The van der Waals surface area contributed by atoms with E-state index in [-0.39, 0.29) is 11.8 Å². The average molecular weight is 427 g/mol. The fraction of sp³-hybridized carbons (Fsp3) is 0.273. The first-order valence-electron chi connectivity index (χ1n) is 9.51. The third-order valence-corrected chi connectivity index (χ3v) is 6.00. The van der Waals surface area contributed by atoms with E-state index in [2.05, 4.69) is 9.97 Å². The van der Waals surface area contributed by atoms with Crippen LogP contribution in [-0.2, 0) is 0 Å². The van der Waals surface area contributed by atoms with Crippen molar-refractivity contribution in [3.05, 3.63) is 76.0 Å². The van der Waals surface area contributed by atoms with Crippen LogP contribution in [0, 0.1) is 6.92 Å². The molecule has 0 radical (unpaired) electrons. The SMILES string of the molecule is Cc1ncc(-c2ccncc2)c(C2CCN(C(=O)c3ccc(Cl)c(Cl)c3)CC2)n1. The normalized spacial score (nSPS) is 14.8. The highest BCUT2D eigenvalue weighted by Crippen LogP contribution is 2.34. The summed E-state index contributed by atoms with van der Waals surface area (Å²) in [7, 11) is 0. The Kier molecular flexibility index (Phi) is 5.79. The monoisotopic (exact) mass is 426 g/mol. The van der Waals surface area contributed by atoms with Gasteiger partial charge in [0, 0.05) is 48.7 Å². The summed E-state index contributed by atoms with van der Waals surface area (Å²) >= 11 is 12.0. The van der Waals surface area contributed by atoms with Crippen molar-refractivity contribution in [1.82, 2.24) is 19.9 Å². The summed E-state index contributed by atoms with van der Waals surface area (Å²) in [6, 6.07) is 8.96. The second-order valence-electron chi connectivity index (χ2n) is 7.15. The summed E-state index contributed by atoms with van der Waals surface area (Å²) in [5.41, 5.74) is 3.70. The maximum atomic E-state index is 12.8. The zero-order chi connectivity index (χ0) is 20.4. The third-order valence-electron chi connectivity index (χ3n) is 5.27. The van der Waals surface area contributed by atoms with Crippen LogP contribution >= 0.6 is 23.2 Å². The Hall–Kier alpha value is -2.50. The summed E-state index contributed by atoms with van der Waals surface area (Å²) in [4.78, 5) is 28.0. The molecule has 7 heteroatoms. The Morgan fingerprint density at radius 3 is 2.48 bits per heavy atom. The van der Waals surface area contributed by atoms with Gasteiger partial charge in [-0.05, 0) is 55.7 Å². The molecule has 2 aromatic heterocycles. The Labute approximate surface area is 179 Å². The van der Waals surface area contributed by atoms with E-state index in [4.69, 9.17) is 28.2 Å². The third kappa shape index (κ3) is 4.26. The molecule has 1 aliphatic rings. The van der Waals surface area contributed by atoms with Crippen LogP contribution in [0.25, 0.3) is 11.1 Å². The number of hydrogen-bond acceptors (Lipinski definition) is 4. The summed E-state index contributed by atoms with van der Waals surface area (Å²) in [6.45, 7) is 3.24. The van der Waals surface area contributed by atoms with Crippen molar-refractivity contribution < 1.29 is 4.79 Å². The smallest absolute Gasteiger partial charge is 0.253 e. The van der Waals surface area contributed by atoms with Gasteiger partial charge < -0.3 is 4.90 Å². The standard InChI is InChI=1S/C22H20Cl2N4O/c1-14-26-13-18(15-4-8-25-9-5-15)21(27-14)16-6-10-28(11-7-16)22(29)17-2-3-19(23)20(24)12-17/h2-5,8-9,12-13,16H,6-7,10-11H2,1H3. The van der Waals surface area contributed by atoms with Gasteiger partial charge in [0.1, 0.15) is 5.82 Å². The molecule has 0 N–H and O–H groups in total. The summed E-state index contributed by atoms with van der Waals surface area (Å²) < 4.78 is 0. The maximum Gasteiger partial charge on any atom is 0.253 e. The van der Waals surface area contributed by atoms with Crippen LogP contribution < -0.4 is 0 Å². The zero-order valence-electron chi connectivity index (χ0n) is 16.0. The molecular weight excluding hydrogens is 407 g/mol. The number of carbonyl (C=O) groups excluding carboxylic acids is 1. The number of hydrogen-bond donors (Lipinski definition) is 0. The molecule has 0 spiro atoms. The van der Waals surface area contributed by atoms with Gasteiger partial charge in [-0.1, -0.05) is 23.2 Å². The van der Waals surface area contributed by atoms with Crippen LogP contribution in [0.15, 0.2) is 48.9 Å². The van der Waals surface area contributed by atoms with Crippen LogP contribution in [0.5, 0.6) is 0 Å². The second kappa shape index (κ2) is 8.47. The van der Waals surface area contributed by atoms with Gasteiger partial charge in [-0.3, -0.25) is 9.78 Å². The number of pyridine rings is 1. The minimum atomic E-state index is -0.0183. The number of aromatic nitrogens is 3. The lowest BCUT2D eigenvalue weighted by Crippen LogP contribution is -2.38. The molecule has 0 saturated carbocycles. The van der Waals surface area contributed by atoms with Crippen molar-refractivity contribution in [2.45, 2.75) is 25.7 Å². The Morgan fingerprint density at radius 1 is 1.07 bits per heavy atom. The highest BCUT2D eigenvalue weighted by molar-refractivity contribution is 6.42. The zero-order valence-corrected chi connectivity index (χ0v) is 17.5. The van der Waals surface area contributed by atoms with Crippen LogP contribution in [0.1, 0.15) is 40.6 Å². The van der Waals surface area contributed by atoms with E-state index in [1.54, 1.807) is 30.6 Å². The lowest BCUT2D eigenvalue weighted by molar-refractivity contribution is 0.0712. The molecule has 4 rings (SSSR count). The van der Waals surface area contributed by atoms with E-state index < -0.39 is 0 Å². The molecule has 1 fully saturated rings. The lowest BCUT2D eigenvalue weighted by atomic mass is 9.89. The van der Waals surface area contributed by atoms with E-state index in [9.17, 15) is 4.79 Å². The van der Waals surface area contributed by atoms with E-state index in [1.807, 2.05) is 30.2 Å². The molecule has 3 aromatic rings. The number of benzene rings is 1. The first-order valence-corrected chi connectivity index (χ1v) is 10.3. The van der Waals surface area contributed by atoms with Crippen LogP contribution in [0.2, 0.25) is 10.0 Å². The number of halogens is 2. The molecule has 0 aliphatic carbocycles. The summed E-state index contributed by atoms with van der Waals surface area (Å²) in [5, 5.41) is 0.843. The number of likely N-dealkylation sites (tertiary alicyclic amines) is 1. The molecule has 1 aliphatic heterocycles. The van der Waals surface area contributed by atoms with Crippen molar-refractivity contribution in [3.8, 4) is 11.1 Å². The summed E-state index contributed by atoms with van der Waals surface area (Å²) in [6.07, 6.45) is 7.14. The highest BCUT2D eigenvalue weighted by Gasteiger charge is 2.27. The van der Waals surface area contributed by atoms with Gasteiger partial charge in [0.05, 0.1) is 15.7 Å². The summed E-state index contributed by atoms with van der Waals surface area (Å²) in [5.74, 6) is 1.01. The van der Waals surface area contributed by atoms with E-state index >= 15 is 0 Å². The molecule has 148 valence electrons. The van der Waals surface area contributed by atoms with E-state index in [0.29, 0.717) is 28.7 Å². The molecule has 0 bridgehead atoms. The van der Waals surface area contributed by atoms with Crippen LogP contribution in [0.4, 0.5) is 0 Å². The number of rotatable bonds is 3. The molecule has 1 amide bonds. The molecule has 0 atom stereocenters. The number of piperidine rings is 1. The first-order chi connectivity index (χ1) is 14.0. The highest BCUT2D eigenvalue weighted by atomic mass is 35.5. The molecule has 5 nitrogen and oxygen atoms in total. The molecule has 1 aromatic carbocycles. The van der Waals surface area contributed by atoms with Crippen molar-refractivity contribution in [2.75, 3.05) is 13.1 Å². The van der Waals surface area contributed by atoms with Gasteiger partial charge in [-0.25, -0.2) is 9.97 Å². The average Bonchev–Trinajstić information content (AvgIpc) is 2.76. The number of nitrogens with zero attached hydrogens (tertiary/aromatic N) is 4. The van der Waals surface area contributed by atoms with E-state index in [1.165, 1.54) is 0 Å². The molecule has 1 saturated heterocycles. The van der Waals surface area contributed by atoms with Crippen molar-refractivity contribution >= 4 is 29.1 Å². The maximum absolute atomic E-state index is 12.8. The number of amides is 1. The van der Waals surface area contributed by atoms with Crippen LogP contribution in [0.3, 0.4) is 0 Å². The van der Waals surface area contributed by atoms with Gasteiger partial charge in [0.25, 0.3) is 5.91 Å². The largest absolute Gasteiger partial charge is 0.339 e. The first kappa shape index (κ1) is 19.8. The van der Waals surface area contributed by atoms with Gasteiger partial charge in [-0.15, -0.1) is 0 Å². The fourth-order valence-electron chi connectivity index (χ4n) is 3.72. The van der Waals surface area contributed by atoms with Gasteiger partial charge in [-0.2, -0.15) is 0 Å². The van der Waals surface area contributed by atoms with Crippen molar-refractivity contribution in [2.24, 2.45) is 0 Å². The number of carbonyl (C=O) groups is 1. The fourth-order valence-corrected chi connectivity index (χ4v) is 4.02. The van der Waals surface area contributed by atoms with Crippen molar-refractivity contribution in [3.63, 3.8) is 0 Å². The lowest BCUT2D eigenvalue weighted by Gasteiger charge is -2.32. The Balaban J connectivity index is 1.52. The Morgan fingerprint density at radius 2 is 1.79 bits per heavy atom. The van der Waals surface area contributed by atoms with Crippen molar-refractivity contribution in [1.29, 1.82) is 0 Å². The van der Waals surface area contributed by atoms with Crippen LogP contribution in [-0.4, -0.2) is 38.8 Å². The van der Waals surface area contributed by atoms with Gasteiger partial charge in [0.15, 0.2) is 0 Å². The van der Waals surface area contributed by atoms with E-state index in [0.717, 1.165) is 35.5 Å². The predicted octanol–water partition coefficient (Wildman–Crippen LogP) is 5.17.